The molecule has 174 valence electrons. The Morgan fingerprint density at radius 3 is 2.44 bits per heavy atom. The van der Waals surface area contributed by atoms with Gasteiger partial charge in [-0.3, -0.25) is 9.10 Å². The van der Waals surface area contributed by atoms with Crippen LogP contribution in [-0.4, -0.2) is 33.7 Å². The number of halogens is 1. The Bertz CT molecular complexity index is 1320. The molecule has 1 N–H and O–H groups in total. The molecule has 0 spiro atoms. The standard InChI is InChI=1S/C24H21FN4O4S/c1-18-6-12-21(13-7-18)34(31,32)29(23-5-3-2-4-22(23)25)17-24(30)28-27-16-19-8-10-20(11-9-19)33-15-14-26/h2-13,16H,15,17H2,1H3,(H,28,30)/b27-16-. The van der Waals surface area contributed by atoms with E-state index in [4.69, 9.17) is 10.00 Å². The SMILES string of the molecule is Cc1ccc(S(=O)(=O)N(CC(=O)N/N=C\c2ccc(OCC#N)cc2)c2ccccc2F)cc1. The number of nitrogens with one attached hydrogen (secondary N) is 1. The number of benzene rings is 3. The summed E-state index contributed by atoms with van der Waals surface area (Å²) in [6.45, 7) is 1.05. The zero-order valence-corrected chi connectivity index (χ0v) is 19.0. The van der Waals surface area contributed by atoms with E-state index in [1.54, 1.807) is 36.4 Å². The van der Waals surface area contributed by atoms with Crippen LogP contribution in [0.2, 0.25) is 0 Å². The van der Waals surface area contributed by atoms with E-state index in [-0.39, 0.29) is 17.2 Å². The van der Waals surface area contributed by atoms with E-state index < -0.39 is 28.3 Å². The van der Waals surface area contributed by atoms with Gasteiger partial charge in [-0.15, -0.1) is 0 Å². The van der Waals surface area contributed by atoms with Crippen LogP contribution in [0.5, 0.6) is 5.75 Å². The number of amides is 1. The smallest absolute Gasteiger partial charge is 0.264 e. The molecule has 1 amide bonds. The molecule has 0 aliphatic rings. The number of carbonyl (C=O) groups excluding carboxylic acids is 1. The predicted octanol–water partition coefficient (Wildman–Crippen LogP) is 3.38. The highest BCUT2D eigenvalue weighted by atomic mass is 32.2. The van der Waals surface area contributed by atoms with Crippen molar-refractivity contribution in [3.05, 3.63) is 89.7 Å². The van der Waals surface area contributed by atoms with Gasteiger partial charge in [-0.1, -0.05) is 29.8 Å². The number of ether oxygens (including phenoxy) is 1. The van der Waals surface area contributed by atoms with E-state index in [0.29, 0.717) is 15.6 Å². The maximum absolute atomic E-state index is 14.5. The number of carbonyl (C=O) groups is 1. The van der Waals surface area contributed by atoms with Crippen LogP contribution in [0.15, 0.2) is 82.8 Å². The van der Waals surface area contributed by atoms with Crippen molar-refractivity contribution in [1.82, 2.24) is 5.43 Å². The van der Waals surface area contributed by atoms with Gasteiger partial charge < -0.3 is 4.74 Å². The number of aryl methyl sites for hydroxylation is 1. The van der Waals surface area contributed by atoms with Crippen molar-refractivity contribution in [3.8, 4) is 11.8 Å². The van der Waals surface area contributed by atoms with Crippen LogP contribution in [0.25, 0.3) is 0 Å². The van der Waals surface area contributed by atoms with E-state index >= 15 is 0 Å². The number of hydrogen-bond acceptors (Lipinski definition) is 6. The number of nitriles is 1. The maximum atomic E-state index is 14.5. The minimum Gasteiger partial charge on any atom is -0.479 e. The minimum atomic E-state index is -4.23. The molecule has 10 heteroatoms. The number of hydrazone groups is 1. The van der Waals surface area contributed by atoms with Crippen molar-refractivity contribution in [3.63, 3.8) is 0 Å². The van der Waals surface area contributed by atoms with Crippen molar-refractivity contribution < 1.29 is 22.3 Å². The van der Waals surface area contributed by atoms with Gasteiger partial charge in [-0.25, -0.2) is 18.2 Å². The second-order valence-electron chi connectivity index (χ2n) is 7.09. The first-order valence-corrected chi connectivity index (χ1v) is 11.5. The van der Waals surface area contributed by atoms with Crippen molar-refractivity contribution in [2.45, 2.75) is 11.8 Å². The van der Waals surface area contributed by atoms with E-state index in [0.717, 1.165) is 11.6 Å². The summed E-state index contributed by atoms with van der Waals surface area (Å²) in [5.41, 5.74) is 3.49. The molecule has 0 atom stereocenters. The Morgan fingerprint density at radius 1 is 1.12 bits per heavy atom. The molecule has 0 radical (unpaired) electrons. The molecule has 0 saturated heterocycles. The molecule has 0 aliphatic carbocycles. The molecule has 0 aromatic heterocycles. The number of nitrogens with zero attached hydrogens (tertiary/aromatic N) is 3. The molecule has 0 bridgehead atoms. The summed E-state index contributed by atoms with van der Waals surface area (Å²) in [5.74, 6) is -1.04. The molecule has 3 aromatic carbocycles. The highest BCUT2D eigenvalue weighted by Crippen LogP contribution is 2.26. The Kier molecular flexibility index (Phi) is 7.95. The molecule has 0 fully saturated rings. The van der Waals surface area contributed by atoms with E-state index in [1.165, 1.54) is 36.5 Å². The highest BCUT2D eigenvalue weighted by Gasteiger charge is 2.29. The van der Waals surface area contributed by atoms with E-state index in [2.05, 4.69) is 10.5 Å². The summed E-state index contributed by atoms with van der Waals surface area (Å²) in [6.07, 6.45) is 1.36. The Hall–Kier alpha value is -4.23. The third kappa shape index (κ3) is 6.17. The van der Waals surface area contributed by atoms with Crippen molar-refractivity contribution in [1.29, 1.82) is 5.26 Å². The number of rotatable bonds is 9. The molecule has 0 aliphatic heterocycles. The molecule has 0 heterocycles. The third-order valence-corrected chi connectivity index (χ3v) is 6.38. The summed E-state index contributed by atoms with van der Waals surface area (Å²) in [6, 6.07) is 19.8. The molecular weight excluding hydrogens is 459 g/mol. The Morgan fingerprint density at radius 2 is 1.79 bits per heavy atom. The van der Waals surface area contributed by atoms with Crippen LogP contribution in [-0.2, 0) is 14.8 Å². The number of para-hydroxylation sites is 1. The zero-order chi connectivity index (χ0) is 24.6. The average Bonchev–Trinajstić information content (AvgIpc) is 2.83. The summed E-state index contributed by atoms with van der Waals surface area (Å²) in [5, 5.41) is 12.4. The molecule has 0 unspecified atom stereocenters. The van der Waals surface area contributed by atoms with Gasteiger partial charge in [0.2, 0.25) is 0 Å². The van der Waals surface area contributed by atoms with Crippen LogP contribution < -0.4 is 14.5 Å². The molecule has 3 aromatic rings. The minimum absolute atomic E-state index is 0.0728. The van der Waals surface area contributed by atoms with Gasteiger partial charge in [0.1, 0.15) is 24.2 Å². The van der Waals surface area contributed by atoms with Gasteiger partial charge in [0, 0.05) is 0 Å². The Balaban J connectivity index is 1.77. The summed E-state index contributed by atoms with van der Waals surface area (Å²) >= 11 is 0. The lowest BCUT2D eigenvalue weighted by Gasteiger charge is -2.24. The molecular formula is C24H21FN4O4S. The summed E-state index contributed by atoms with van der Waals surface area (Å²) in [7, 11) is -4.23. The first-order valence-electron chi connectivity index (χ1n) is 10.1. The molecule has 3 rings (SSSR count). The largest absolute Gasteiger partial charge is 0.479 e. The number of sulfonamides is 1. The lowest BCUT2D eigenvalue weighted by molar-refractivity contribution is -0.119. The topological polar surface area (TPSA) is 112 Å². The van der Waals surface area contributed by atoms with Gasteiger partial charge in [0.05, 0.1) is 16.8 Å². The maximum Gasteiger partial charge on any atom is 0.264 e. The summed E-state index contributed by atoms with van der Waals surface area (Å²) < 4.78 is 46.8. The van der Waals surface area contributed by atoms with Crippen molar-refractivity contribution in [2.24, 2.45) is 5.10 Å². The Labute approximate surface area is 197 Å². The number of hydrogen-bond donors (Lipinski definition) is 1. The van der Waals surface area contributed by atoms with Crippen LogP contribution >= 0.6 is 0 Å². The quantitative estimate of drug-likeness (QED) is 0.373. The second-order valence-corrected chi connectivity index (χ2v) is 8.95. The second kappa shape index (κ2) is 11.1. The van der Waals surface area contributed by atoms with Gasteiger partial charge in [-0.05, 0) is 61.0 Å². The molecule has 34 heavy (non-hydrogen) atoms. The third-order valence-electron chi connectivity index (χ3n) is 4.60. The molecule has 0 saturated carbocycles. The average molecular weight is 481 g/mol. The number of anilines is 1. The van der Waals surface area contributed by atoms with Crippen molar-refractivity contribution >= 4 is 27.8 Å². The fourth-order valence-electron chi connectivity index (χ4n) is 2.90. The molecule has 8 nitrogen and oxygen atoms in total. The summed E-state index contributed by atoms with van der Waals surface area (Å²) in [4.78, 5) is 12.5. The van der Waals surface area contributed by atoms with Crippen LogP contribution in [0.3, 0.4) is 0 Å². The van der Waals surface area contributed by atoms with Gasteiger partial charge in [-0.2, -0.15) is 10.4 Å². The fourth-order valence-corrected chi connectivity index (χ4v) is 4.33. The first kappa shape index (κ1) is 24.4. The fraction of sp³-hybridized carbons (Fsp3) is 0.125. The van der Waals surface area contributed by atoms with Gasteiger partial charge in [0.15, 0.2) is 6.61 Å². The van der Waals surface area contributed by atoms with E-state index in [1.807, 2.05) is 13.0 Å². The highest BCUT2D eigenvalue weighted by molar-refractivity contribution is 7.92. The lowest BCUT2D eigenvalue weighted by atomic mass is 10.2. The van der Waals surface area contributed by atoms with E-state index in [9.17, 15) is 17.6 Å². The van der Waals surface area contributed by atoms with Crippen LogP contribution in [0.4, 0.5) is 10.1 Å². The predicted molar refractivity (Wildman–Crippen MR) is 125 cm³/mol. The van der Waals surface area contributed by atoms with Crippen LogP contribution in [0.1, 0.15) is 11.1 Å². The lowest BCUT2D eigenvalue weighted by Crippen LogP contribution is -2.40. The first-order chi connectivity index (χ1) is 16.3. The zero-order valence-electron chi connectivity index (χ0n) is 18.2. The van der Waals surface area contributed by atoms with Crippen molar-refractivity contribution in [2.75, 3.05) is 17.5 Å². The van der Waals surface area contributed by atoms with Crippen LogP contribution in [0, 0.1) is 24.1 Å². The van der Waals surface area contributed by atoms with Gasteiger partial charge in [0.25, 0.3) is 15.9 Å². The monoisotopic (exact) mass is 480 g/mol. The normalized spacial score (nSPS) is 11.1. The van der Waals surface area contributed by atoms with Gasteiger partial charge >= 0.3 is 0 Å².